The van der Waals surface area contributed by atoms with Gasteiger partial charge in [-0.1, -0.05) is 13.8 Å². The molecule has 0 aromatic heterocycles. The molecular formula is C23H35N3O5S. The van der Waals surface area contributed by atoms with Gasteiger partial charge in [0.05, 0.1) is 4.90 Å². The second-order valence-corrected chi connectivity index (χ2v) is 11.3. The molecule has 2 heterocycles. The van der Waals surface area contributed by atoms with Crippen LogP contribution < -0.4 is 4.90 Å². The zero-order chi connectivity index (χ0) is 23.7. The lowest BCUT2D eigenvalue weighted by Crippen LogP contribution is -2.45. The minimum atomic E-state index is -3.53. The molecule has 9 heteroatoms. The van der Waals surface area contributed by atoms with Crippen LogP contribution in [0.1, 0.15) is 53.0 Å². The van der Waals surface area contributed by atoms with Crippen molar-refractivity contribution < 1.29 is 22.7 Å². The molecule has 0 aliphatic carbocycles. The Kier molecular flexibility index (Phi) is 7.19. The molecule has 3 rings (SSSR count). The predicted molar refractivity (Wildman–Crippen MR) is 123 cm³/mol. The second-order valence-electron chi connectivity index (χ2n) is 9.36. The number of anilines is 1. The van der Waals surface area contributed by atoms with Crippen LogP contribution in [0.15, 0.2) is 23.1 Å². The van der Waals surface area contributed by atoms with Gasteiger partial charge in [0.1, 0.15) is 5.60 Å². The maximum atomic E-state index is 13.2. The number of ether oxygens (including phenoxy) is 1. The van der Waals surface area contributed by atoms with Gasteiger partial charge >= 0.3 is 6.09 Å². The van der Waals surface area contributed by atoms with Gasteiger partial charge in [0.25, 0.3) is 0 Å². The molecule has 2 aliphatic heterocycles. The number of rotatable bonds is 5. The Morgan fingerprint density at radius 3 is 2.28 bits per heavy atom. The van der Waals surface area contributed by atoms with Crippen molar-refractivity contribution in [1.29, 1.82) is 0 Å². The van der Waals surface area contributed by atoms with E-state index in [0.717, 1.165) is 11.3 Å². The van der Waals surface area contributed by atoms with Crippen LogP contribution in [-0.2, 0) is 26.0 Å². The maximum Gasteiger partial charge on any atom is 0.410 e. The molecule has 178 valence electrons. The molecule has 2 aliphatic rings. The first-order valence-corrected chi connectivity index (χ1v) is 12.8. The number of nitrogens with zero attached hydrogens (tertiary/aromatic N) is 3. The number of likely N-dealkylation sites (tertiary alicyclic amines) is 1. The average Bonchev–Trinajstić information content (AvgIpc) is 3.16. The van der Waals surface area contributed by atoms with E-state index in [0.29, 0.717) is 52.0 Å². The van der Waals surface area contributed by atoms with Gasteiger partial charge in [-0.15, -0.1) is 0 Å². The number of piperidine rings is 1. The fourth-order valence-corrected chi connectivity index (χ4v) is 5.85. The third-order valence-electron chi connectivity index (χ3n) is 6.05. The second kappa shape index (κ2) is 9.39. The third kappa shape index (κ3) is 5.09. The smallest absolute Gasteiger partial charge is 0.410 e. The fraction of sp³-hybridized carbons (Fsp3) is 0.652. The first-order chi connectivity index (χ1) is 15.0. The van der Waals surface area contributed by atoms with Crippen molar-refractivity contribution >= 4 is 27.7 Å². The van der Waals surface area contributed by atoms with E-state index in [-0.39, 0.29) is 22.8 Å². The van der Waals surface area contributed by atoms with Gasteiger partial charge in [0, 0.05) is 44.3 Å². The summed E-state index contributed by atoms with van der Waals surface area (Å²) in [4.78, 5) is 29.2. The largest absolute Gasteiger partial charge is 0.444 e. The van der Waals surface area contributed by atoms with E-state index in [1.54, 1.807) is 28.0 Å². The van der Waals surface area contributed by atoms with Crippen molar-refractivity contribution in [2.45, 2.75) is 64.4 Å². The summed E-state index contributed by atoms with van der Waals surface area (Å²) >= 11 is 0. The fourth-order valence-electron chi connectivity index (χ4n) is 4.34. The highest BCUT2D eigenvalue weighted by Crippen LogP contribution is 2.33. The molecule has 0 radical (unpaired) electrons. The number of sulfonamides is 1. The summed E-state index contributed by atoms with van der Waals surface area (Å²) in [6, 6.07) is 5.07. The van der Waals surface area contributed by atoms with Crippen LogP contribution in [0.2, 0.25) is 0 Å². The monoisotopic (exact) mass is 465 g/mol. The molecule has 0 unspecified atom stereocenters. The zero-order valence-corrected chi connectivity index (χ0v) is 20.6. The topological polar surface area (TPSA) is 87.2 Å². The molecule has 0 N–H and O–H groups in total. The standard InChI is InChI=1S/C23H35N3O5S/c1-6-25(7-2)32(29,30)19-8-9-20-18(16-19)12-15-26(20)21(27)17-10-13-24(14-11-17)22(28)31-23(3,4)5/h8-9,16-17H,6-7,10-15H2,1-5H3. The number of carbonyl (C=O) groups is 2. The Hall–Kier alpha value is -2.13. The Balaban J connectivity index is 1.67. The zero-order valence-electron chi connectivity index (χ0n) is 19.8. The molecule has 1 aromatic rings. The highest BCUT2D eigenvalue weighted by atomic mass is 32.2. The SMILES string of the molecule is CCN(CC)S(=O)(=O)c1ccc2c(c1)CCN2C(=O)C1CCN(C(=O)OC(C)(C)C)CC1. The summed E-state index contributed by atoms with van der Waals surface area (Å²) in [5, 5.41) is 0. The number of carbonyl (C=O) groups excluding carboxylic acids is 2. The van der Waals surface area contributed by atoms with Gasteiger partial charge in [-0.2, -0.15) is 4.31 Å². The van der Waals surface area contributed by atoms with Gasteiger partial charge in [0.15, 0.2) is 0 Å². The lowest BCUT2D eigenvalue weighted by Gasteiger charge is -2.34. The highest BCUT2D eigenvalue weighted by Gasteiger charge is 2.35. The van der Waals surface area contributed by atoms with Crippen molar-refractivity contribution in [3.8, 4) is 0 Å². The van der Waals surface area contributed by atoms with Gasteiger partial charge in [-0.25, -0.2) is 13.2 Å². The first-order valence-electron chi connectivity index (χ1n) is 11.4. The average molecular weight is 466 g/mol. The minimum absolute atomic E-state index is 0.0481. The van der Waals surface area contributed by atoms with Crippen LogP contribution in [0.4, 0.5) is 10.5 Å². The predicted octanol–water partition coefficient (Wildman–Crippen LogP) is 3.25. The number of amides is 2. The summed E-state index contributed by atoms with van der Waals surface area (Å²) in [5.41, 5.74) is 1.14. The first kappa shape index (κ1) is 24.5. The molecule has 0 bridgehead atoms. The van der Waals surface area contributed by atoms with Crippen LogP contribution in [-0.4, -0.2) is 67.9 Å². The molecule has 0 saturated carbocycles. The quantitative estimate of drug-likeness (QED) is 0.666. The molecule has 8 nitrogen and oxygen atoms in total. The Labute approximate surface area is 191 Å². The Bertz CT molecular complexity index is 958. The van der Waals surface area contributed by atoms with Crippen LogP contribution in [0.5, 0.6) is 0 Å². The van der Waals surface area contributed by atoms with E-state index in [2.05, 4.69) is 0 Å². The van der Waals surface area contributed by atoms with E-state index < -0.39 is 15.6 Å². The summed E-state index contributed by atoms with van der Waals surface area (Å²) in [5.74, 6) is -0.106. The van der Waals surface area contributed by atoms with Crippen LogP contribution in [0, 0.1) is 5.92 Å². The third-order valence-corrected chi connectivity index (χ3v) is 8.10. The van der Waals surface area contributed by atoms with Crippen molar-refractivity contribution in [2.24, 2.45) is 5.92 Å². The van der Waals surface area contributed by atoms with Gasteiger partial charge < -0.3 is 14.5 Å². The molecule has 1 fully saturated rings. The summed E-state index contributed by atoms with van der Waals surface area (Å²) < 4.78 is 32.5. The Morgan fingerprint density at radius 2 is 1.72 bits per heavy atom. The summed E-state index contributed by atoms with van der Waals surface area (Å²) in [6.45, 7) is 11.5. The molecule has 32 heavy (non-hydrogen) atoms. The number of hydrogen-bond donors (Lipinski definition) is 0. The van der Waals surface area contributed by atoms with Crippen molar-refractivity contribution in [1.82, 2.24) is 9.21 Å². The van der Waals surface area contributed by atoms with Gasteiger partial charge in [-0.3, -0.25) is 4.79 Å². The molecular weight excluding hydrogens is 430 g/mol. The normalized spacial score (nSPS) is 17.6. The molecule has 2 amide bonds. The van der Waals surface area contributed by atoms with Gasteiger partial charge in [0.2, 0.25) is 15.9 Å². The molecule has 1 aromatic carbocycles. The van der Waals surface area contributed by atoms with Gasteiger partial charge in [-0.05, 0) is 63.8 Å². The lowest BCUT2D eigenvalue weighted by molar-refractivity contribution is -0.123. The summed E-state index contributed by atoms with van der Waals surface area (Å²) in [6.07, 6.45) is 1.49. The molecule has 0 atom stereocenters. The van der Waals surface area contributed by atoms with E-state index >= 15 is 0 Å². The van der Waals surface area contributed by atoms with E-state index in [9.17, 15) is 18.0 Å². The van der Waals surface area contributed by atoms with Crippen molar-refractivity contribution in [2.75, 3.05) is 37.6 Å². The van der Waals surface area contributed by atoms with E-state index in [4.69, 9.17) is 4.74 Å². The number of fused-ring (bicyclic) bond motifs is 1. The van der Waals surface area contributed by atoms with Crippen LogP contribution >= 0.6 is 0 Å². The van der Waals surface area contributed by atoms with Crippen molar-refractivity contribution in [3.05, 3.63) is 23.8 Å². The molecule has 0 spiro atoms. The number of hydrogen-bond acceptors (Lipinski definition) is 5. The van der Waals surface area contributed by atoms with Crippen molar-refractivity contribution in [3.63, 3.8) is 0 Å². The van der Waals surface area contributed by atoms with Crippen LogP contribution in [0.25, 0.3) is 0 Å². The number of benzene rings is 1. The molecule has 1 saturated heterocycles. The van der Waals surface area contributed by atoms with E-state index in [1.807, 2.05) is 34.6 Å². The van der Waals surface area contributed by atoms with E-state index in [1.165, 1.54) is 4.31 Å². The summed E-state index contributed by atoms with van der Waals surface area (Å²) in [7, 11) is -3.53. The maximum absolute atomic E-state index is 13.2. The lowest BCUT2D eigenvalue weighted by atomic mass is 9.95. The highest BCUT2D eigenvalue weighted by molar-refractivity contribution is 7.89. The van der Waals surface area contributed by atoms with Crippen LogP contribution in [0.3, 0.4) is 0 Å². The Morgan fingerprint density at radius 1 is 1.09 bits per heavy atom. The minimum Gasteiger partial charge on any atom is -0.444 e.